The van der Waals surface area contributed by atoms with Crippen LogP contribution in [0.15, 0.2) is 70.8 Å². The minimum absolute atomic E-state index is 0.0394. The van der Waals surface area contributed by atoms with Gasteiger partial charge in [0.25, 0.3) is 0 Å². The number of anilines is 1. The van der Waals surface area contributed by atoms with Crippen molar-refractivity contribution in [3.05, 3.63) is 65.8 Å². The van der Waals surface area contributed by atoms with Crippen molar-refractivity contribution in [3.8, 4) is 0 Å². The minimum atomic E-state index is -0.0394. The zero-order chi connectivity index (χ0) is 14.7. The van der Waals surface area contributed by atoms with E-state index in [9.17, 15) is 5.11 Å². The van der Waals surface area contributed by atoms with E-state index in [-0.39, 0.29) is 6.61 Å². The number of hydrogen-bond acceptors (Lipinski definition) is 5. The summed E-state index contributed by atoms with van der Waals surface area (Å²) in [6.07, 6.45) is 5.71. The number of aliphatic hydroxyl groups is 1. The van der Waals surface area contributed by atoms with Crippen molar-refractivity contribution < 1.29 is 9.84 Å². The number of nitrogens with one attached hydrogen (secondary N) is 1. The molecule has 0 aromatic heterocycles. The van der Waals surface area contributed by atoms with Crippen LogP contribution < -0.4 is 5.32 Å². The largest absolute Gasteiger partial charge is 0.493 e. The second-order valence-electron chi connectivity index (χ2n) is 4.74. The van der Waals surface area contributed by atoms with E-state index in [1.165, 1.54) is 0 Å². The molecule has 2 N–H and O–H groups in total. The third-order valence-corrected chi connectivity index (χ3v) is 3.37. The number of aliphatic hydroxyl groups excluding tert-OH is 1. The van der Waals surface area contributed by atoms with Crippen LogP contribution in [0.1, 0.15) is 0 Å². The summed E-state index contributed by atoms with van der Waals surface area (Å²) < 4.78 is 5.35. The van der Waals surface area contributed by atoms with E-state index >= 15 is 0 Å². The molecule has 2 aliphatic heterocycles. The van der Waals surface area contributed by atoms with Crippen LogP contribution in [0.4, 0.5) is 5.69 Å². The van der Waals surface area contributed by atoms with Gasteiger partial charge in [-0.2, -0.15) is 0 Å². The Balaban J connectivity index is 1.94. The first kappa shape index (κ1) is 13.5. The molecule has 0 bridgehead atoms. The Morgan fingerprint density at radius 1 is 1.33 bits per heavy atom. The third kappa shape index (κ3) is 2.68. The van der Waals surface area contributed by atoms with Gasteiger partial charge in [0.2, 0.25) is 0 Å². The van der Waals surface area contributed by atoms with Crippen molar-refractivity contribution in [2.75, 3.05) is 25.6 Å². The van der Waals surface area contributed by atoms with Crippen molar-refractivity contribution in [2.45, 2.75) is 0 Å². The molecule has 0 amide bonds. The first-order valence-corrected chi connectivity index (χ1v) is 6.75. The number of para-hydroxylation sites is 1. The van der Waals surface area contributed by atoms with Crippen LogP contribution >= 0.6 is 0 Å². The Kier molecular flexibility index (Phi) is 3.75. The molecule has 0 saturated heterocycles. The van der Waals surface area contributed by atoms with Crippen molar-refractivity contribution in [1.82, 2.24) is 4.90 Å². The molecular formula is C16H17N3O2. The molecule has 5 heteroatoms. The van der Waals surface area contributed by atoms with Gasteiger partial charge < -0.3 is 20.1 Å². The Labute approximate surface area is 123 Å². The van der Waals surface area contributed by atoms with Crippen LogP contribution in [0.3, 0.4) is 0 Å². The highest BCUT2D eigenvalue weighted by Gasteiger charge is 2.25. The predicted molar refractivity (Wildman–Crippen MR) is 82.5 cm³/mol. The lowest BCUT2D eigenvalue weighted by Gasteiger charge is -2.31. The Morgan fingerprint density at radius 2 is 2.14 bits per heavy atom. The maximum absolute atomic E-state index is 9.59. The minimum Gasteiger partial charge on any atom is -0.493 e. The SMILES string of the molecule is COC1=CC=CN2CC(CO)=C(Nc3ccccc3)N=C12. The zero-order valence-electron chi connectivity index (χ0n) is 11.8. The van der Waals surface area contributed by atoms with Gasteiger partial charge in [-0.1, -0.05) is 18.2 Å². The summed E-state index contributed by atoms with van der Waals surface area (Å²) in [5.74, 6) is 2.13. The Morgan fingerprint density at radius 3 is 2.86 bits per heavy atom. The number of ether oxygens (including phenoxy) is 1. The molecule has 108 valence electrons. The van der Waals surface area contributed by atoms with Gasteiger partial charge >= 0.3 is 0 Å². The molecule has 0 unspecified atom stereocenters. The monoisotopic (exact) mass is 283 g/mol. The van der Waals surface area contributed by atoms with E-state index in [2.05, 4.69) is 10.3 Å². The van der Waals surface area contributed by atoms with Crippen LogP contribution in [0.25, 0.3) is 0 Å². The summed E-state index contributed by atoms with van der Waals surface area (Å²) >= 11 is 0. The molecule has 0 radical (unpaired) electrons. The molecule has 0 aliphatic carbocycles. The smallest absolute Gasteiger partial charge is 0.177 e. The molecule has 0 saturated carbocycles. The number of allylic oxidation sites excluding steroid dienone is 2. The highest BCUT2D eigenvalue weighted by molar-refractivity contribution is 6.00. The summed E-state index contributed by atoms with van der Waals surface area (Å²) in [6.45, 7) is 0.546. The maximum Gasteiger partial charge on any atom is 0.177 e. The number of hydrogen-bond donors (Lipinski definition) is 2. The Bertz CT molecular complexity index is 645. The lowest BCUT2D eigenvalue weighted by atomic mass is 10.1. The lowest BCUT2D eigenvalue weighted by Crippen LogP contribution is -2.36. The number of fused-ring (bicyclic) bond motifs is 1. The number of rotatable bonds is 4. The standard InChI is InChI=1S/C16H17N3O2/c1-21-14-8-5-9-19-10-12(11-20)15(18-16(14)19)17-13-6-3-2-4-7-13/h2-9,17,20H,10-11H2,1H3. The fraction of sp³-hybridized carbons (Fsp3) is 0.188. The highest BCUT2D eigenvalue weighted by atomic mass is 16.5. The molecule has 1 aromatic carbocycles. The second kappa shape index (κ2) is 5.85. The molecule has 2 aliphatic rings. The molecule has 2 heterocycles. The molecular weight excluding hydrogens is 266 g/mol. The van der Waals surface area contributed by atoms with Gasteiger partial charge in [-0.05, 0) is 24.3 Å². The van der Waals surface area contributed by atoms with Crippen molar-refractivity contribution in [1.29, 1.82) is 0 Å². The van der Waals surface area contributed by atoms with Gasteiger partial charge in [0.15, 0.2) is 11.6 Å². The van der Waals surface area contributed by atoms with E-state index in [0.717, 1.165) is 17.1 Å². The molecule has 5 nitrogen and oxygen atoms in total. The van der Waals surface area contributed by atoms with E-state index in [4.69, 9.17) is 4.74 Å². The van der Waals surface area contributed by atoms with E-state index in [1.54, 1.807) is 7.11 Å². The molecule has 0 fully saturated rings. The van der Waals surface area contributed by atoms with Gasteiger partial charge in [0.05, 0.1) is 20.3 Å². The summed E-state index contributed by atoms with van der Waals surface area (Å²) in [5, 5.41) is 12.8. The van der Waals surface area contributed by atoms with Gasteiger partial charge in [0.1, 0.15) is 5.82 Å². The van der Waals surface area contributed by atoms with Crippen LogP contribution in [-0.4, -0.2) is 36.1 Å². The maximum atomic E-state index is 9.59. The van der Waals surface area contributed by atoms with E-state index < -0.39 is 0 Å². The van der Waals surface area contributed by atoms with Crippen LogP contribution in [0.5, 0.6) is 0 Å². The first-order valence-electron chi connectivity index (χ1n) is 6.75. The zero-order valence-corrected chi connectivity index (χ0v) is 11.8. The molecule has 0 atom stereocenters. The third-order valence-electron chi connectivity index (χ3n) is 3.37. The number of methoxy groups -OCH3 is 1. The fourth-order valence-corrected chi connectivity index (χ4v) is 2.29. The number of amidine groups is 1. The average molecular weight is 283 g/mol. The van der Waals surface area contributed by atoms with Crippen LogP contribution in [-0.2, 0) is 4.74 Å². The summed E-state index contributed by atoms with van der Waals surface area (Å²) in [6, 6.07) is 9.78. The van der Waals surface area contributed by atoms with Crippen LogP contribution in [0, 0.1) is 0 Å². The summed E-state index contributed by atoms with van der Waals surface area (Å²) in [7, 11) is 1.63. The normalized spacial score (nSPS) is 17.1. The predicted octanol–water partition coefficient (Wildman–Crippen LogP) is 2.07. The van der Waals surface area contributed by atoms with Gasteiger partial charge in [-0.3, -0.25) is 0 Å². The summed E-state index contributed by atoms with van der Waals surface area (Å²) in [4.78, 5) is 6.57. The Hall–Kier alpha value is -2.53. The number of nitrogens with zero attached hydrogens (tertiary/aromatic N) is 2. The van der Waals surface area contributed by atoms with Crippen molar-refractivity contribution in [3.63, 3.8) is 0 Å². The molecule has 21 heavy (non-hydrogen) atoms. The first-order chi connectivity index (χ1) is 10.3. The van der Waals surface area contributed by atoms with E-state index in [0.29, 0.717) is 18.1 Å². The number of aliphatic imine (C=N–C) groups is 1. The quantitative estimate of drug-likeness (QED) is 0.888. The summed E-state index contributed by atoms with van der Waals surface area (Å²) in [5.41, 5.74) is 1.77. The van der Waals surface area contributed by atoms with Gasteiger partial charge in [-0.15, -0.1) is 0 Å². The van der Waals surface area contributed by atoms with Gasteiger partial charge in [-0.25, -0.2) is 4.99 Å². The van der Waals surface area contributed by atoms with Crippen molar-refractivity contribution in [2.24, 2.45) is 4.99 Å². The number of benzene rings is 1. The fourth-order valence-electron chi connectivity index (χ4n) is 2.29. The highest BCUT2D eigenvalue weighted by Crippen LogP contribution is 2.23. The van der Waals surface area contributed by atoms with Crippen LogP contribution in [0.2, 0.25) is 0 Å². The molecule has 1 aromatic rings. The second-order valence-corrected chi connectivity index (χ2v) is 4.74. The van der Waals surface area contributed by atoms with Crippen molar-refractivity contribution >= 4 is 11.5 Å². The topological polar surface area (TPSA) is 57.1 Å². The molecule has 0 spiro atoms. The lowest BCUT2D eigenvalue weighted by molar-refractivity contribution is 0.298. The van der Waals surface area contributed by atoms with E-state index in [1.807, 2.05) is 53.6 Å². The molecule has 3 rings (SSSR count). The average Bonchev–Trinajstić information content (AvgIpc) is 2.54. The van der Waals surface area contributed by atoms with Gasteiger partial charge in [0, 0.05) is 17.5 Å².